The van der Waals surface area contributed by atoms with E-state index < -0.39 is 0 Å². The van der Waals surface area contributed by atoms with E-state index in [-0.39, 0.29) is 113 Å². The number of carbonyl (C=O) groups is 6. The van der Waals surface area contributed by atoms with Crippen molar-refractivity contribution in [3.63, 3.8) is 0 Å². The molecule has 4 aliphatic carbocycles. The largest absolute Gasteiger partial charge is 0.354 e. The number of carbonyl (C=O) groups excluding carboxylic acids is 6. The molecule has 4 saturated carbocycles. The molecule has 4 rings (SSSR count). The highest BCUT2D eigenvalue weighted by Gasteiger charge is 2.36. The van der Waals surface area contributed by atoms with E-state index in [1.165, 1.54) is 64.2 Å². The smallest absolute Gasteiger partial charge is 0.223 e. The summed E-state index contributed by atoms with van der Waals surface area (Å²) in [7, 11) is 0. The highest BCUT2D eigenvalue weighted by molar-refractivity contribution is 5.81. The minimum Gasteiger partial charge on any atom is -0.354 e. The third-order valence-electron chi connectivity index (χ3n) is 17.2. The van der Waals surface area contributed by atoms with E-state index >= 15 is 0 Å². The van der Waals surface area contributed by atoms with E-state index in [1.54, 1.807) is 0 Å². The third kappa shape index (κ3) is 48.0. The van der Waals surface area contributed by atoms with Crippen LogP contribution < -0.4 is 31.9 Å². The molecule has 4 aliphatic rings. The Hall–Kier alpha value is -3.44. The fraction of sp³-hybridized carbons (Fsp3) is 0.896. The van der Waals surface area contributed by atoms with Crippen molar-refractivity contribution in [3.8, 4) is 0 Å². The maximum atomic E-state index is 12.0. The fourth-order valence-corrected chi connectivity index (χ4v) is 12.4. The van der Waals surface area contributed by atoms with Gasteiger partial charge < -0.3 is 31.9 Å². The van der Waals surface area contributed by atoms with E-state index in [1.807, 2.05) is 90.0 Å². The summed E-state index contributed by atoms with van der Waals surface area (Å²) in [6.45, 7) is 51.8. The zero-order chi connectivity index (χ0) is 68.4. The lowest BCUT2D eigenvalue weighted by atomic mass is 9.77. The maximum absolute atomic E-state index is 12.0. The summed E-state index contributed by atoms with van der Waals surface area (Å²) in [4.78, 5) is 71.3. The second kappa shape index (κ2) is 50.1. The normalized spacial score (nSPS) is 18.3. The third-order valence-corrected chi connectivity index (χ3v) is 17.2. The zero-order valence-electron chi connectivity index (χ0n) is 62.8. The van der Waals surface area contributed by atoms with Crippen LogP contribution in [0.1, 0.15) is 339 Å². The molecule has 6 N–H and O–H groups in total. The topological polar surface area (TPSA) is 175 Å². The fourth-order valence-electron chi connectivity index (χ4n) is 12.4. The van der Waals surface area contributed by atoms with Gasteiger partial charge in [0, 0.05) is 71.8 Å². The van der Waals surface area contributed by atoms with Crippen molar-refractivity contribution >= 4 is 35.4 Å². The van der Waals surface area contributed by atoms with Crippen LogP contribution in [0.15, 0.2) is 12.2 Å². The molecule has 89 heavy (non-hydrogen) atoms. The Morgan fingerprint density at radius 1 is 0.382 bits per heavy atom. The van der Waals surface area contributed by atoms with Crippen LogP contribution >= 0.6 is 0 Å². The van der Waals surface area contributed by atoms with E-state index in [9.17, 15) is 28.8 Å². The van der Waals surface area contributed by atoms with Gasteiger partial charge in [-0.2, -0.15) is 0 Å². The first-order valence-corrected chi connectivity index (χ1v) is 37.1. The Labute approximate surface area is 551 Å². The molecule has 0 heterocycles. The van der Waals surface area contributed by atoms with Gasteiger partial charge in [-0.05, 0) is 208 Å². The highest BCUT2D eigenvalue weighted by atomic mass is 16.2. The molecule has 524 valence electrons. The van der Waals surface area contributed by atoms with Crippen molar-refractivity contribution in [2.45, 2.75) is 375 Å². The summed E-state index contributed by atoms with van der Waals surface area (Å²) >= 11 is 0. The Balaban J connectivity index is 0. The molecule has 0 aliphatic heterocycles. The predicted molar refractivity (Wildman–Crippen MR) is 381 cm³/mol. The molecule has 0 radical (unpaired) electrons. The molecule has 0 spiro atoms. The number of nitrogens with one attached hydrogen (secondary N) is 6. The van der Waals surface area contributed by atoms with Crippen LogP contribution in [-0.4, -0.2) is 71.7 Å². The second-order valence-electron chi connectivity index (χ2n) is 31.1. The summed E-state index contributed by atoms with van der Waals surface area (Å²) in [6.07, 6.45) is 32.4. The molecule has 12 heteroatoms. The van der Waals surface area contributed by atoms with Gasteiger partial charge in [0.2, 0.25) is 35.4 Å². The maximum Gasteiger partial charge on any atom is 0.223 e. The van der Waals surface area contributed by atoms with E-state index in [2.05, 4.69) is 108 Å². The van der Waals surface area contributed by atoms with E-state index in [0.29, 0.717) is 0 Å². The van der Waals surface area contributed by atoms with Gasteiger partial charge >= 0.3 is 0 Å². The lowest BCUT2D eigenvalue weighted by Gasteiger charge is -2.29. The summed E-state index contributed by atoms with van der Waals surface area (Å²) < 4.78 is 0. The van der Waals surface area contributed by atoms with Crippen LogP contribution in [-0.2, 0) is 28.8 Å². The average Bonchev–Trinajstić information content (AvgIpc) is 4.50. The minimum absolute atomic E-state index is 0.111. The van der Waals surface area contributed by atoms with Crippen LogP contribution in [0.4, 0.5) is 0 Å². The van der Waals surface area contributed by atoms with Crippen LogP contribution in [0.3, 0.4) is 0 Å². The van der Waals surface area contributed by atoms with E-state index in [4.69, 9.17) is 0 Å². The van der Waals surface area contributed by atoms with Gasteiger partial charge in [-0.25, -0.2) is 0 Å². The van der Waals surface area contributed by atoms with E-state index in [0.717, 1.165) is 151 Å². The quantitative estimate of drug-likeness (QED) is 0.0345. The lowest BCUT2D eigenvalue weighted by Crippen LogP contribution is -2.37. The van der Waals surface area contributed by atoms with Crippen molar-refractivity contribution in [2.24, 2.45) is 70.5 Å². The first kappa shape index (κ1) is 87.6. The summed E-state index contributed by atoms with van der Waals surface area (Å²) in [5.74, 6) is 7.01. The number of hydrogen-bond acceptors (Lipinski definition) is 6. The van der Waals surface area contributed by atoms with Gasteiger partial charge in [0.05, 0.1) is 0 Å². The number of amides is 6. The average molecular weight is 1260 g/mol. The Bertz CT molecular complexity index is 1840. The molecular formula is C77H150N6O6. The lowest BCUT2D eigenvalue weighted by molar-refractivity contribution is -0.127. The SMILES string of the molecule is C=C(C)CC(CCC)C(=O)NC(C)C.CCCC(CC(C)(C)C)C(=O)NC(C)C.CCCC(CC1CC1)C(=O)NC(C)C.CCCC(CC1CC1C)C(=O)NC(C)C.CCCC(CC1CCC1)C(=O)NC(C)C.CCCC(CC1CCCC1)C(=O)NC(C)C. The van der Waals surface area contributed by atoms with Crippen molar-refractivity contribution in [3.05, 3.63) is 12.2 Å². The number of hydrogen-bond donors (Lipinski definition) is 6. The first-order valence-electron chi connectivity index (χ1n) is 37.1. The monoisotopic (exact) mass is 1260 g/mol. The summed E-state index contributed by atoms with van der Waals surface area (Å²) in [5, 5.41) is 18.1. The molecule has 0 saturated heterocycles. The standard InChI is InChI=1S/C14H27NO.2C13H25NO.C13H27NO.2C12H23NO/c1-4-7-13(14(16)15-11(2)3)10-12-8-5-6-9-12;1-5-6-11(8-12-7-10(12)4)13(15)14-9(2)3;1-4-6-12(9-11-7-5-8-11)13(15)14-10(2)3;1-7-8-11(9-13(4,5)6)12(15)14-10(2)3;1-4-5-11(8-10-6-7-10)12(14)13-9(2)3;1-6-7-11(8-9(2)3)12(14)13-10(4)5/h11-13H,4-10H2,1-3H3,(H,15,16);9-12H,5-8H2,1-4H3,(H,14,15);10-12H,4-9H2,1-3H3,(H,14,15);10-11H,7-9H2,1-6H3,(H,14,15);9-11H,4-8H2,1-3H3,(H,13,14);10-11H,2,6-8H2,1,3-5H3,(H,13,14). The Morgan fingerprint density at radius 3 is 0.843 bits per heavy atom. The van der Waals surface area contributed by atoms with Gasteiger partial charge in [0.25, 0.3) is 0 Å². The van der Waals surface area contributed by atoms with Crippen LogP contribution in [0.25, 0.3) is 0 Å². The van der Waals surface area contributed by atoms with Crippen molar-refractivity contribution < 1.29 is 28.8 Å². The molecule has 4 fully saturated rings. The molecular weight excluding hydrogens is 1100 g/mol. The predicted octanol–water partition coefficient (Wildman–Crippen LogP) is 18.6. The Morgan fingerprint density at radius 2 is 0.618 bits per heavy atom. The summed E-state index contributed by atoms with van der Waals surface area (Å²) in [6, 6.07) is 1.58. The molecule has 0 aromatic heterocycles. The van der Waals surface area contributed by atoms with Crippen molar-refractivity contribution in [2.75, 3.05) is 0 Å². The number of rotatable bonds is 35. The minimum atomic E-state index is 0.111. The van der Waals surface area contributed by atoms with Crippen molar-refractivity contribution in [1.29, 1.82) is 0 Å². The van der Waals surface area contributed by atoms with Crippen LogP contribution in [0.5, 0.6) is 0 Å². The molecule has 8 atom stereocenters. The van der Waals surface area contributed by atoms with Gasteiger partial charge in [0.15, 0.2) is 0 Å². The highest BCUT2D eigenvalue weighted by Crippen LogP contribution is 2.43. The number of allylic oxidation sites excluding steroid dienone is 1. The first-order chi connectivity index (χ1) is 41.7. The van der Waals surface area contributed by atoms with Crippen molar-refractivity contribution in [1.82, 2.24) is 31.9 Å². The molecule has 0 bridgehead atoms. The molecule has 0 aromatic rings. The van der Waals surface area contributed by atoms with Gasteiger partial charge in [0.1, 0.15) is 0 Å². The van der Waals surface area contributed by atoms with Crippen LogP contribution in [0, 0.1) is 70.5 Å². The second-order valence-corrected chi connectivity index (χ2v) is 31.1. The zero-order valence-corrected chi connectivity index (χ0v) is 62.8. The summed E-state index contributed by atoms with van der Waals surface area (Å²) in [5.41, 5.74) is 1.32. The van der Waals surface area contributed by atoms with Gasteiger partial charge in [-0.1, -0.05) is 171 Å². The van der Waals surface area contributed by atoms with Crippen LogP contribution in [0.2, 0.25) is 0 Å². The molecule has 8 unspecified atom stereocenters. The molecule has 0 aromatic carbocycles. The van der Waals surface area contributed by atoms with Gasteiger partial charge in [-0.15, -0.1) is 6.58 Å². The molecule has 12 nitrogen and oxygen atoms in total. The molecule has 6 amide bonds. The Kier molecular flexibility index (Phi) is 49.3. The van der Waals surface area contributed by atoms with Gasteiger partial charge in [-0.3, -0.25) is 28.8 Å².